The summed E-state index contributed by atoms with van der Waals surface area (Å²) in [5.41, 5.74) is 3.43. The quantitative estimate of drug-likeness (QED) is 0.776. The standard InChI is InChI=1S/C20H18N4O3/c25-15-4-3-14(19(26)23-15)24-13-5-6-22-18-9(16-11-7-21-8-12(11)16)1-2-10(17(13)18)20(24)27/h1-2,5-6,11-12,14,16,21H,3-4,7-8H2,(H,23,25,26). The Hall–Kier alpha value is -2.80. The van der Waals surface area contributed by atoms with Gasteiger partial charge in [-0.05, 0) is 55.0 Å². The van der Waals surface area contributed by atoms with Gasteiger partial charge in [0.2, 0.25) is 11.8 Å². The number of carbonyl (C=O) groups is 3. The smallest absolute Gasteiger partial charge is 0.259 e. The number of nitrogens with zero attached hydrogens (tertiary/aromatic N) is 2. The minimum absolute atomic E-state index is 0.179. The summed E-state index contributed by atoms with van der Waals surface area (Å²) in [5, 5.41) is 6.62. The predicted octanol–water partition coefficient (Wildman–Crippen LogP) is 0.933. The number of nitrogens with one attached hydrogen (secondary N) is 2. The van der Waals surface area contributed by atoms with Crippen LogP contribution in [0.5, 0.6) is 0 Å². The first-order valence-electron chi connectivity index (χ1n) is 9.45. The maximum atomic E-state index is 13.1. The molecule has 3 fully saturated rings. The van der Waals surface area contributed by atoms with Crippen molar-refractivity contribution in [2.45, 2.75) is 24.8 Å². The van der Waals surface area contributed by atoms with Gasteiger partial charge in [0.15, 0.2) is 0 Å². The third-order valence-electron chi connectivity index (χ3n) is 6.58. The van der Waals surface area contributed by atoms with E-state index in [1.54, 1.807) is 17.2 Å². The minimum Gasteiger partial charge on any atom is -0.316 e. The molecule has 0 radical (unpaired) electrons. The molecule has 1 aromatic carbocycles. The van der Waals surface area contributed by atoms with Gasteiger partial charge in [0, 0.05) is 18.0 Å². The van der Waals surface area contributed by atoms with Crippen LogP contribution >= 0.6 is 0 Å². The Labute approximate surface area is 155 Å². The summed E-state index contributed by atoms with van der Waals surface area (Å²) >= 11 is 0. The monoisotopic (exact) mass is 362 g/mol. The van der Waals surface area contributed by atoms with Gasteiger partial charge in [-0.1, -0.05) is 6.07 Å². The number of aromatic nitrogens is 1. The van der Waals surface area contributed by atoms with E-state index in [1.807, 2.05) is 12.1 Å². The molecule has 27 heavy (non-hydrogen) atoms. The lowest BCUT2D eigenvalue weighted by atomic mass is 9.99. The second kappa shape index (κ2) is 5.13. The number of pyridine rings is 1. The molecule has 0 bridgehead atoms. The fourth-order valence-corrected chi connectivity index (χ4v) is 5.28. The summed E-state index contributed by atoms with van der Waals surface area (Å²) < 4.78 is 0. The van der Waals surface area contributed by atoms with Gasteiger partial charge in [-0.25, -0.2) is 0 Å². The fourth-order valence-electron chi connectivity index (χ4n) is 5.28. The van der Waals surface area contributed by atoms with Gasteiger partial charge in [0.05, 0.1) is 16.8 Å². The van der Waals surface area contributed by atoms with Crippen molar-refractivity contribution in [3.8, 4) is 0 Å². The van der Waals surface area contributed by atoms with Crippen LogP contribution in [0.3, 0.4) is 0 Å². The molecule has 7 nitrogen and oxygen atoms in total. The zero-order valence-electron chi connectivity index (χ0n) is 14.6. The summed E-state index contributed by atoms with van der Waals surface area (Å²) in [6.07, 6.45) is 2.31. The van der Waals surface area contributed by atoms with Crippen molar-refractivity contribution in [3.05, 3.63) is 35.5 Å². The summed E-state index contributed by atoms with van der Waals surface area (Å²) in [6, 6.07) is 5.09. The molecule has 2 aromatic rings. The van der Waals surface area contributed by atoms with Crippen molar-refractivity contribution < 1.29 is 14.4 Å². The van der Waals surface area contributed by atoms with Crippen LogP contribution in [0.2, 0.25) is 0 Å². The third-order valence-corrected chi connectivity index (χ3v) is 6.58. The molecule has 3 atom stereocenters. The number of piperidine rings is 2. The van der Waals surface area contributed by atoms with Gasteiger partial charge in [-0.2, -0.15) is 0 Å². The van der Waals surface area contributed by atoms with E-state index in [0.717, 1.165) is 29.7 Å². The van der Waals surface area contributed by atoms with Gasteiger partial charge >= 0.3 is 0 Å². The minimum atomic E-state index is -0.652. The Morgan fingerprint density at radius 1 is 1.07 bits per heavy atom. The molecule has 1 aromatic heterocycles. The molecule has 6 rings (SSSR count). The number of benzene rings is 1. The highest BCUT2D eigenvalue weighted by atomic mass is 16.2. The van der Waals surface area contributed by atoms with Crippen LogP contribution in [0.25, 0.3) is 10.9 Å². The summed E-state index contributed by atoms with van der Waals surface area (Å²) in [5.74, 6) is 0.959. The predicted molar refractivity (Wildman–Crippen MR) is 97.3 cm³/mol. The van der Waals surface area contributed by atoms with E-state index in [0.29, 0.717) is 29.7 Å². The molecule has 0 spiro atoms. The molecule has 2 N–H and O–H groups in total. The van der Waals surface area contributed by atoms with Gasteiger partial charge in [0.1, 0.15) is 6.04 Å². The number of rotatable bonds is 2. The molecule has 3 aliphatic heterocycles. The summed E-state index contributed by atoms with van der Waals surface area (Å²) in [7, 11) is 0. The third kappa shape index (κ3) is 1.95. The zero-order valence-corrected chi connectivity index (χ0v) is 14.6. The molecule has 2 saturated heterocycles. The highest BCUT2D eigenvalue weighted by Gasteiger charge is 2.54. The van der Waals surface area contributed by atoms with Crippen molar-refractivity contribution in [3.63, 3.8) is 0 Å². The van der Waals surface area contributed by atoms with Gasteiger partial charge in [-0.3, -0.25) is 29.6 Å². The molecule has 136 valence electrons. The SMILES string of the molecule is O=C1CCC(N2C(=O)c3ccc(C4C5CNCC54)c4nccc2c34)C(=O)N1. The normalized spacial score (nSPS) is 31.4. The fraction of sp³-hybridized carbons (Fsp3) is 0.400. The van der Waals surface area contributed by atoms with Crippen molar-refractivity contribution in [1.82, 2.24) is 15.6 Å². The van der Waals surface area contributed by atoms with Crippen molar-refractivity contribution >= 4 is 34.3 Å². The zero-order chi connectivity index (χ0) is 18.3. The van der Waals surface area contributed by atoms with E-state index in [2.05, 4.69) is 15.6 Å². The Bertz CT molecular complexity index is 1040. The van der Waals surface area contributed by atoms with Crippen LogP contribution < -0.4 is 15.5 Å². The Kier molecular flexibility index (Phi) is 2.90. The van der Waals surface area contributed by atoms with Crippen LogP contribution in [-0.2, 0) is 9.59 Å². The number of carbonyl (C=O) groups excluding carboxylic acids is 3. The second-order valence-corrected chi connectivity index (χ2v) is 7.91. The highest BCUT2D eigenvalue weighted by molar-refractivity contribution is 6.27. The Morgan fingerprint density at radius 2 is 1.89 bits per heavy atom. The van der Waals surface area contributed by atoms with Crippen molar-refractivity contribution in [2.24, 2.45) is 11.8 Å². The first kappa shape index (κ1) is 15.3. The average Bonchev–Trinajstić information content (AvgIpc) is 2.99. The first-order chi connectivity index (χ1) is 13.1. The molecular formula is C20H18N4O3. The Morgan fingerprint density at radius 3 is 2.67 bits per heavy atom. The van der Waals surface area contributed by atoms with E-state index in [-0.39, 0.29) is 18.2 Å². The van der Waals surface area contributed by atoms with E-state index < -0.39 is 11.9 Å². The average molecular weight is 362 g/mol. The number of imide groups is 1. The second-order valence-electron chi connectivity index (χ2n) is 7.91. The van der Waals surface area contributed by atoms with Crippen LogP contribution in [0.4, 0.5) is 5.69 Å². The highest BCUT2D eigenvalue weighted by Crippen LogP contribution is 2.57. The van der Waals surface area contributed by atoms with E-state index >= 15 is 0 Å². The van der Waals surface area contributed by atoms with Gasteiger partial charge in [-0.15, -0.1) is 0 Å². The molecular weight excluding hydrogens is 344 g/mol. The lowest BCUT2D eigenvalue weighted by Gasteiger charge is -2.30. The molecule has 1 saturated carbocycles. The van der Waals surface area contributed by atoms with Crippen LogP contribution in [0, 0.1) is 11.8 Å². The maximum absolute atomic E-state index is 13.1. The number of hydrogen-bond donors (Lipinski definition) is 2. The Balaban J connectivity index is 1.47. The molecule has 4 heterocycles. The maximum Gasteiger partial charge on any atom is 0.259 e. The van der Waals surface area contributed by atoms with Gasteiger partial charge in [0.25, 0.3) is 5.91 Å². The first-order valence-corrected chi connectivity index (χ1v) is 9.45. The molecule has 3 unspecified atom stereocenters. The van der Waals surface area contributed by atoms with Crippen LogP contribution in [0.1, 0.15) is 34.7 Å². The number of amides is 3. The van der Waals surface area contributed by atoms with Crippen LogP contribution in [-0.4, -0.2) is 41.8 Å². The van der Waals surface area contributed by atoms with E-state index in [4.69, 9.17) is 0 Å². The number of anilines is 1. The molecule has 4 aliphatic rings. The number of hydrogen-bond acceptors (Lipinski definition) is 5. The molecule has 7 heteroatoms. The lowest BCUT2D eigenvalue weighted by molar-refractivity contribution is -0.134. The molecule has 3 amide bonds. The van der Waals surface area contributed by atoms with E-state index in [1.165, 1.54) is 5.56 Å². The largest absolute Gasteiger partial charge is 0.316 e. The lowest BCUT2D eigenvalue weighted by Crippen LogP contribution is -2.53. The van der Waals surface area contributed by atoms with Crippen molar-refractivity contribution in [2.75, 3.05) is 18.0 Å². The van der Waals surface area contributed by atoms with Crippen molar-refractivity contribution in [1.29, 1.82) is 0 Å². The topological polar surface area (TPSA) is 91.4 Å². The summed E-state index contributed by atoms with van der Waals surface area (Å²) in [6.45, 7) is 2.08. The summed E-state index contributed by atoms with van der Waals surface area (Å²) in [4.78, 5) is 43.2. The van der Waals surface area contributed by atoms with E-state index in [9.17, 15) is 14.4 Å². The number of fused-ring (bicyclic) bond motifs is 1. The van der Waals surface area contributed by atoms with Crippen LogP contribution in [0.15, 0.2) is 24.4 Å². The molecule has 1 aliphatic carbocycles. The van der Waals surface area contributed by atoms with Gasteiger partial charge < -0.3 is 5.32 Å².